The molecule has 0 bridgehead atoms. The molecule has 2 unspecified atom stereocenters. The number of hydrogen-bond donors (Lipinski definition) is 2. The van der Waals surface area contributed by atoms with E-state index in [4.69, 9.17) is 4.74 Å². The number of nitrogens with zero attached hydrogens (tertiary/aromatic N) is 1. The molecule has 1 aliphatic rings. The molecule has 116 valence electrons. The second kappa shape index (κ2) is 5.93. The molecule has 0 radical (unpaired) electrons. The Hall–Kier alpha value is -1.75. The number of likely N-dealkylation sites (tertiary alicyclic amines) is 1. The highest BCUT2D eigenvalue weighted by Crippen LogP contribution is 2.37. The SMILES string of the molecule is CNC(=O)C1(C)CCN(C(C)c2ccc(O)c(OC)c2)C1. The van der Waals surface area contributed by atoms with E-state index in [0.717, 1.165) is 25.1 Å². The highest BCUT2D eigenvalue weighted by molar-refractivity contribution is 5.82. The summed E-state index contributed by atoms with van der Waals surface area (Å²) in [5.74, 6) is 0.721. The highest BCUT2D eigenvalue weighted by Gasteiger charge is 2.41. The normalized spacial score (nSPS) is 23.8. The molecule has 1 amide bonds. The van der Waals surface area contributed by atoms with Crippen LogP contribution in [0, 0.1) is 5.41 Å². The smallest absolute Gasteiger partial charge is 0.227 e. The average Bonchev–Trinajstić information content (AvgIpc) is 2.90. The van der Waals surface area contributed by atoms with Gasteiger partial charge in [0.2, 0.25) is 5.91 Å². The number of rotatable bonds is 4. The quantitative estimate of drug-likeness (QED) is 0.890. The van der Waals surface area contributed by atoms with Gasteiger partial charge in [-0.3, -0.25) is 9.69 Å². The number of carbonyl (C=O) groups is 1. The van der Waals surface area contributed by atoms with Crippen molar-refractivity contribution in [2.45, 2.75) is 26.3 Å². The lowest BCUT2D eigenvalue weighted by Gasteiger charge is -2.27. The first kappa shape index (κ1) is 15.6. The molecule has 2 atom stereocenters. The Morgan fingerprint density at radius 2 is 2.24 bits per heavy atom. The maximum absolute atomic E-state index is 12.0. The third-order valence-electron chi connectivity index (χ3n) is 4.51. The molecule has 1 aliphatic heterocycles. The number of ether oxygens (including phenoxy) is 1. The summed E-state index contributed by atoms with van der Waals surface area (Å²) >= 11 is 0. The standard InChI is InChI=1S/C16H24N2O3/c1-11(12-5-6-13(19)14(9-12)21-4)18-8-7-16(2,10-18)15(20)17-3/h5-6,9,11,19H,7-8,10H2,1-4H3,(H,17,20). The number of amides is 1. The summed E-state index contributed by atoms with van der Waals surface area (Å²) in [5, 5.41) is 12.4. The Kier molecular flexibility index (Phi) is 4.42. The van der Waals surface area contributed by atoms with Gasteiger partial charge in [-0.1, -0.05) is 6.07 Å². The minimum absolute atomic E-state index is 0.0977. The van der Waals surface area contributed by atoms with Crippen LogP contribution in [0.15, 0.2) is 18.2 Å². The molecule has 1 aromatic rings. The van der Waals surface area contributed by atoms with E-state index < -0.39 is 0 Å². The van der Waals surface area contributed by atoms with Crippen molar-refractivity contribution in [1.82, 2.24) is 10.2 Å². The first-order valence-corrected chi connectivity index (χ1v) is 7.24. The fourth-order valence-corrected chi connectivity index (χ4v) is 2.98. The predicted octanol–water partition coefficient (Wildman–Crippen LogP) is 1.92. The zero-order chi connectivity index (χ0) is 15.6. The molecule has 1 saturated heterocycles. The summed E-state index contributed by atoms with van der Waals surface area (Å²) in [7, 11) is 3.23. The summed E-state index contributed by atoms with van der Waals surface area (Å²) in [5.41, 5.74) is 0.745. The van der Waals surface area contributed by atoms with Crippen molar-refractivity contribution < 1.29 is 14.6 Å². The minimum atomic E-state index is -0.329. The molecule has 2 N–H and O–H groups in total. The Morgan fingerprint density at radius 1 is 1.52 bits per heavy atom. The molecule has 0 aromatic heterocycles. The lowest BCUT2D eigenvalue weighted by Crippen LogP contribution is -2.39. The van der Waals surface area contributed by atoms with E-state index in [1.165, 1.54) is 0 Å². The summed E-state index contributed by atoms with van der Waals surface area (Å²) in [6, 6.07) is 5.58. The second-order valence-electron chi connectivity index (χ2n) is 5.97. The molecule has 1 heterocycles. The Bertz CT molecular complexity index is 532. The van der Waals surface area contributed by atoms with E-state index in [0.29, 0.717) is 5.75 Å². The van der Waals surface area contributed by atoms with Gasteiger partial charge in [-0.2, -0.15) is 0 Å². The summed E-state index contributed by atoms with van der Waals surface area (Å²) in [6.07, 6.45) is 0.853. The second-order valence-corrected chi connectivity index (χ2v) is 5.97. The molecule has 5 heteroatoms. The number of benzene rings is 1. The number of phenols is 1. The van der Waals surface area contributed by atoms with Gasteiger partial charge in [0.1, 0.15) is 0 Å². The van der Waals surface area contributed by atoms with Crippen molar-refractivity contribution in [3.05, 3.63) is 23.8 Å². The number of nitrogens with one attached hydrogen (secondary N) is 1. The van der Waals surface area contributed by atoms with Gasteiger partial charge in [0.25, 0.3) is 0 Å². The maximum atomic E-state index is 12.0. The predicted molar refractivity (Wildman–Crippen MR) is 81.4 cm³/mol. The zero-order valence-electron chi connectivity index (χ0n) is 13.1. The molecule has 0 saturated carbocycles. The van der Waals surface area contributed by atoms with Crippen molar-refractivity contribution in [1.29, 1.82) is 0 Å². The minimum Gasteiger partial charge on any atom is -0.504 e. The molecule has 2 rings (SSSR count). The molecular weight excluding hydrogens is 268 g/mol. The van der Waals surface area contributed by atoms with Crippen LogP contribution in [0.5, 0.6) is 11.5 Å². The molecule has 0 spiro atoms. The lowest BCUT2D eigenvalue weighted by molar-refractivity contribution is -0.129. The summed E-state index contributed by atoms with van der Waals surface area (Å²) in [6.45, 7) is 5.74. The summed E-state index contributed by atoms with van der Waals surface area (Å²) in [4.78, 5) is 14.3. The Labute approximate surface area is 125 Å². The van der Waals surface area contributed by atoms with Crippen LogP contribution >= 0.6 is 0 Å². The molecule has 1 fully saturated rings. The first-order chi connectivity index (χ1) is 9.91. The van der Waals surface area contributed by atoms with Crippen molar-refractivity contribution in [2.24, 2.45) is 5.41 Å². The van der Waals surface area contributed by atoms with Gasteiger partial charge in [0.15, 0.2) is 11.5 Å². The first-order valence-electron chi connectivity index (χ1n) is 7.24. The van der Waals surface area contributed by atoms with E-state index in [-0.39, 0.29) is 23.1 Å². The van der Waals surface area contributed by atoms with E-state index in [1.54, 1.807) is 20.2 Å². The van der Waals surface area contributed by atoms with Gasteiger partial charge in [0.05, 0.1) is 12.5 Å². The monoisotopic (exact) mass is 292 g/mol. The summed E-state index contributed by atoms with van der Waals surface area (Å²) < 4.78 is 5.16. The van der Waals surface area contributed by atoms with Crippen LogP contribution in [0.4, 0.5) is 0 Å². The van der Waals surface area contributed by atoms with E-state index in [2.05, 4.69) is 17.1 Å². The lowest BCUT2D eigenvalue weighted by atomic mass is 9.89. The van der Waals surface area contributed by atoms with Crippen LogP contribution in [0.2, 0.25) is 0 Å². The number of methoxy groups -OCH3 is 1. The fraction of sp³-hybridized carbons (Fsp3) is 0.562. The molecule has 5 nitrogen and oxygen atoms in total. The van der Waals surface area contributed by atoms with Crippen molar-refractivity contribution >= 4 is 5.91 Å². The van der Waals surface area contributed by atoms with Gasteiger partial charge < -0.3 is 15.2 Å². The van der Waals surface area contributed by atoms with Gasteiger partial charge in [-0.05, 0) is 44.5 Å². The number of aromatic hydroxyl groups is 1. The highest BCUT2D eigenvalue weighted by atomic mass is 16.5. The number of carbonyl (C=O) groups excluding carboxylic acids is 1. The largest absolute Gasteiger partial charge is 0.504 e. The van der Waals surface area contributed by atoms with Crippen LogP contribution in [0.1, 0.15) is 31.9 Å². The average molecular weight is 292 g/mol. The third-order valence-corrected chi connectivity index (χ3v) is 4.51. The van der Waals surface area contributed by atoms with Crippen molar-refractivity contribution in [3.63, 3.8) is 0 Å². The van der Waals surface area contributed by atoms with Crippen LogP contribution in [0.25, 0.3) is 0 Å². The van der Waals surface area contributed by atoms with E-state index >= 15 is 0 Å². The van der Waals surface area contributed by atoms with Crippen molar-refractivity contribution in [2.75, 3.05) is 27.2 Å². The molecule has 21 heavy (non-hydrogen) atoms. The van der Waals surface area contributed by atoms with E-state index in [1.807, 2.05) is 19.1 Å². The molecule has 1 aromatic carbocycles. The van der Waals surface area contributed by atoms with Crippen LogP contribution in [-0.4, -0.2) is 43.2 Å². The number of hydrogen-bond acceptors (Lipinski definition) is 4. The maximum Gasteiger partial charge on any atom is 0.227 e. The molecule has 0 aliphatic carbocycles. The van der Waals surface area contributed by atoms with Gasteiger partial charge in [-0.25, -0.2) is 0 Å². The Balaban J connectivity index is 2.15. The topological polar surface area (TPSA) is 61.8 Å². The molecular formula is C16H24N2O3. The fourth-order valence-electron chi connectivity index (χ4n) is 2.98. The van der Waals surface area contributed by atoms with Gasteiger partial charge in [0, 0.05) is 19.6 Å². The van der Waals surface area contributed by atoms with Crippen LogP contribution in [-0.2, 0) is 4.79 Å². The van der Waals surface area contributed by atoms with Crippen molar-refractivity contribution in [3.8, 4) is 11.5 Å². The zero-order valence-corrected chi connectivity index (χ0v) is 13.1. The van der Waals surface area contributed by atoms with Crippen LogP contribution < -0.4 is 10.1 Å². The number of phenolic OH excluding ortho intramolecular Hbond substituents is 1. The van der Waals surface area contributed by atoms with Gasteiger partial charge >= 0.3 is 0 Å². The van der Waals surface area contributed by atoms with Crippen LogP contribution in [0.3, 0.4) is 0 Å². The van der Waals surface area contributed by atoms with Gasteiger partial charge in [-0.15, -0.1) is 0 Å². The van der Waals surface area contributed by atoms with E-state index in [9.17, 15) is 9.90 Å². The third kappa shape index (κ3) is 2.97. The Morgan fingerprint density at radius 3 is 2.86 bits per heavy atom.